The highest BCUT2D eigenvalue weighted by molar-refractivity contribution is 5.18. The van der Waals surface area contributed by atoms with Crippen LogP contribution in [0.15, 0.2) is 14.7 Å². The molecule has 144 valence electrons. The van der Waals surface area contributed by atoms with E-state index in [1.807, 2.05) is 0 Å². The van der Waals surface area contributed by atoms with Gasteiger partial charge in [0.2, 0.25) is 0 Å². The van der Waals surface area contributed by atoms with Gasteiger partial charge in [0, 0.05) is 5.62 Å². The highest BCUT2D eigenvalue weighted by Crippen LogP contribution is 1.81. The number of tetrazole rings is 1. The van der Waals surface area contributed by atoms with Crippen molar-refractivity contribution in [1.82, 2.24) is 40.6 Å². The zero-order chi connectivity index (χ0) is 20.4. The van der Waals surface area contributed by atoms with Crippen molar-refractivity contribution in [3.8, 4) is 0 Å². The molecular formula is C7H12N16O4. The molecule has 0 bridgehead atoms. The van der Waals surface area contributed by atoms with E-state index in [1.54, 1.807) is 0 Å². The third-order valence-corrected chi connectivity index (χ3v) is 1.93. The largest absolute Gasteiger partial charge is 0.447 e. The Hall–Kier alpha value is -4.91. The van der Waals surface area contributed by atoms with Crippen molar-refractivity contribution in [1.29, 1.82) is 0 Å². The second-order valence-electron chi connectivity index (χ2n) is 3.94. The van der Waals surface area contributed by atoms with Crippen LogP contribution in [0, 0.1) is 10.1 Å². The van der Waals surface area contributed by atoms with Crippen LogP contribution >= 0.6 is 0 Å². The molecule has 3 heterocycles. The van der Waals surface area contributed by atoms with E-state index < -0.39 is 16.4 Å². The van der Waals surface area contributed by atoms with E-state index in [4.69, 9.17) is 22.9 Å². The minimum atomic E-state index is -0.918. The summed E-state index contributed by atoms with van der Waals surface area (Å²) >= 11 is 0. The van der Waals surface area contributed by atoms with Crippen molar-refractivity contribution >= 4 is 23.8 Å². The standard InChI is InChI=1S/2C3H5N5O.CN6O2/c2*4-1-6-2(5)8-3(9)7-1;8-7(9)4-1-2-5-6-3-1/h2*(H5,4,5,6,7,8,9);/q;;-2/p+2. The first-order chi connectivity index (χ1) is 12.7. The number of aromatic nitrogens is 10. The maximum atomic E-state index is 10.4. The number of nitro groups is 1. The lowest BCUT2D eigenvalue weighted by atomic mass is 10.9. The van der Waals surface area contributed by atoms with Gasteiger partial charge < -0.3 is 38.3 Å². The maximum absolute atomic E-state index is 10.4. The molecule has 12 N–H and O–H groups in total. The SMILES string of the molecule is Nc1nc(N)[nH+]c(=O)[nH]1.Nc1nc(N)[nH+]c(=O)[nH]1.O=[N+]([O-])N=c1[n-]nn[n-]1. The van der Waals surface area contributed by atoms with Crippen LogP contribution in [0.3, 0.4) is 0 Å². The Kier molecular flexibility index (Phi) is 7.01. The Bertz CT molecular complexity index is 938. The molecule has 27 heavy (non-hydrogen) atoms. The molecule has 0 saturated carbocycles. The van der Waals surface area contributed by atoms with Crippen molar-refractivity contribution in [2.75, 3.05) is 22.9 Å². The van der Waals surface area contributed by atoms with Gasteiger partial charge in [-0.25, -0.2) is 29.5 Å². The van der Waals surface area contributed by atoms with Crippen molar-refractivity contribution in [2.45, 2.75) is 0 Å². The van der Waals surface area contributed by atoms with Crippen molar-refractivity contribution in [2.24, 2.45) is 5.10 Å². The summed E-state index contributed by atoms with van der Waals surface area (Å²) in [6.45, 7) is 0. The number of nitrogens with zero attached hydrogens (tertiary/aromatic N) is 8. The second-order valence-corrected chi connectivity index (χ2v) is 3.94. The maximum Gasteiger partial charge on any atom is 0.415 e. The zero-order valence-electron chi connectivity index (χ0n) is 13.0. The average molecular weight is 384 g/mol. The number of aromatic amines is 4. The third kappa shape index (κ3) is 8.49. The van der Waals surface area contributed by atoms with Crippen LogP contribution in [0.2, 0.25) is 0 Å². The average Bonchev–Trinajstić information content (AvgIpc) is 2.97. The molecule has 0 aliphatic rings. The first-order valence-corrected chi connectivity index (χ1v) is 6.29. The molecule has 0 aromatic carbocycles. The van der Waals surface area contributed by atoms with E-state index >= 15 is 0 Å². The lowest BCUT2D eigenvalue weighted by Crippen LogP contribution is -2.34. The Balaban J connectivity index is 0.000000202. The smallest absolute Gasteiger partial charge is 0.415 e. The van der Waals surface area contributed by atoms with Crippen LogP contribution < -0.4 is 60.1 Å². The van der Waals surface area contributed by atoms with Crippen LogP contribution in [0.5, 0.6) is 0 Å². The highest BCUT2D eigenvalue weighted by Gasteiger charge is 1.99. The van der Waals surface area contributed by atoms with Crippen molar-refractivity contribution < 1.29 is 15.0 Å². The van der Waals surface area contributed by atoms with Crippen LogP contribution in [0.1, 0.15) is 0 Å². The van der Waals surface area contributed by atoms with Crippen LogP contribution in [-0.2, 0) is 0 Å². The number of nitrogens with one attached hydrogen (secondary N) is 4. The molecule has 3 aromatic heterocycles. The molecule has 0 unspecified atom stereocenters. The molecule has 0 fully saturated rings. The van der Waals surface area contributed by atoms with Crippen molar-refractivity contribution in [3.05, 3.63) is 36.7 Å². The summed E-state index contributed by atoms with van der Waals surface area (Å²) in [5, 5.41) is 23.4. The van der Waals surface area contributed by atoms with E-state index in [0.717, 1.165) is 0 Å². The molecule has 0 atom stereocenters. The minimum Gasteiger partial charge on any atom is -0.447 e. The number of nitrogen functional groups attached to an aromatic ring is 4. The molecule has 0 amide bonds. The van der Waals surface area contributed by atoms with Gasteiger partial charge in [-0.3, -0.25) is 15.3 Å². The van der Waals surface area contributed by atoms with E-state index in [1.165, 1.54) is 0 Å². The summed E-state index contributed by atoms with van der Waals surface area (Å²) < 4.78 is 0. The zero-order valence-corrected chi connectivity index (χ0v) is 13.0. The lowest BCUT2D eigenvalue weighted by Gasteiger charge is -1.85. The molecule has 0 radical (unpaired) electrons. The van der Waals surface area contributed by atoms with Crippen LogP contribution in [-0.4, -0.2) is 35.4 Å². The van der Waals surface area contributed by atoms with E-state index in [0.29, 0.717) is 0 Å². The number of hydrogen-bond acceptors (Lipinski definition) is 12. The monoisotopic (exact) mass is 384 g/mol. The van der Waals surface area contributed by atoms with E-state index in [9.17, 15) is 19.7 Å². The fourth-order valence-corrected chi connectivity index (χ4v) is 1.15. The molecule has 0 aliphatic carbocycles. The number of H-pyrrole nitrogens is 4. The molecule has 20 nitrogen and oxygen atoms in total. The van der Waals surface area contributed by atoms with Gasteiger partial charge in [-0.1, -0.05) is 9.97 Å². The molecule has 0 saturated heterocycles. The summed E-state index contributed by atoms with van der Waals surface area (Å²) in [6, 6.07) is 0. The number of rotatable bonds is 1. The minimum absolute atomic E-state index is 0.0104. The van der Waals surface area contributed by atoms with Crippen molar-refractivity contribution in [3.63, 3.8) is 0 Å². The topological polar surface area (TPSA) is 333 Å². The highest BCUT2D eigenvalue weighted by atomic mass is 16.7. The van der Waals surface area contributed by atoms with Gasteiger partial charge in [0.25, 0.3) is 0 Å². The Morgan fingerprint density at radius 2 is 1.33 bits per heavy atom. The molecular weight excluding hydrogens is 372 g/mol. The predicted molar refractivity (Wildman–Crippen MR) is 81.7 cm³/mol. The van der Waals surface area contributed by atoms with Crippen LogP contribution in [0.25, 0.3) is 0 Å². The summed E-state index contributed by atoms with van der Waals surface area (Å²) in [4.78, 5) is 46.1. The number of hydrogen-bond donors (Lipinski definition) is 6. The van der Waals surface area contributed by atoms with Gasteiger partial charge in [0.1, 0.15) is 0 Å². The predicted octanol–water partition coefficient (Wildman–Crippen LogP) is -7.02. The first-order valence-electron chi connectivity index (χ1n) is 6.29. The first kappa shape index (κ1) is 20.1. The van der Waals surface area contributed by atoms with Gasteiger partial charge in [-0.2, -0.15) is 0 Å². The summed E-state index contributed by atoms with van der Waals surface area (Å²) in [7, 11) is 0. The molecule has 3 rings (SSSR count). The van der Waals surface area contributed by atoms with Gasteiger partial charge >= 0.3 is 35.2 Å². The normalized spacial score (nSPS) is 9.19. The fourth-order valence-electron chi connectivity index (χ4n) is 1.15. The lowest BCUT2D eigenvalue weighted by molar-refractivity contribution is -0.491. The van der Waals surface area contributed by atoms with E-state index in [2.05, 4.69) is 55.6 Å². The Morgan fingerprint density at radius 1 is 0.926 bits per heavy atom. The molecule has 20 heteroatoms. The number of nitrogens with two attached hydrogens (primary N) is 4. The molecule has 0 aliphatic heterocycles. The van der Waals surface area contributed by atoms with E-state index in [-0.39, 0.29) is 29.4 Å². The summed E-state index contributed by atoms with van der Waals surface area (Å²) in [5.41, 5.74) is 19.1. The second kappa shape index (κ2) is 9.40. The van der Waals surface area contributed by atoms with Crippen LogP contribution in [0.4, 0.5) is 23.8 Å². The quantitative estimate of drug-likeness (QED) is 0.167. The molecule has 0 spiro atoms. The van der Waals surface area contributed by atoms with Gasteiger partial charge in [-0.15, -0.1) is 5.10 Å². The number of anilines is 4. The Morgan fingerprint density at radius 3 is 1.63 bits per heavy atom. The summed E-state index contributed by atoms with van der Waals surface area (Å²) in [6.07, 6.45) is 0. The fraction of sp³-hybridized carbons (Fsp3) is 0. The van der Waals surface area contributed by atoms with Gasteiger partial charge in [0.15, 0.2) is 0 Å². The third-order valence-electron chi connectivity index (χ3n) is 1.93. The Labute approximate surface area is 145 Å². The van der Waals surface area contributed by atoms with Gasteiger partial charge in [-0.05, 0) is 0 Å². The summed E-state index contributed by atoms with van der Waals surface area (Å²) in [5.74, 6) is 0.0417. The van der Waals surface area contributed by atoms with Gasteiger partial charge in [0.05, 0.1) is 5.03 Å². The molecule has 3 aromatic rings.